The van der Waals surface area contributed by atoms with Crippen LogP contribution in [0, 0.1) is 0 Å². The minimum absolute atomic E-state index is 0.0560. The minimum atomic E-state index is -1.07. The molecule has 0 unspecified atom stereocenters. The lowest BCUT2D eigenvalue weighted by molar-refractivity contribution is 0.0694. The van der Waals surface area contributed by atoms with Gasteiger partial charge in [0, 0.05) is 13.0 Å². The number of aryl methyl sites for hydroxylation is 1. The van der Waals surface area contributed by atoms with Gasteiger partial charge in [0.05, 0.1) is 6.20 Å². The Bertz CT molecular complexity index is 556. The van der Waals surface area contributed by atoms with Crippen molar-refractivity contribution >= 4 is 5.97 Å². The Morgan fingerprint density at radius 1 is 1.53 bits per heavy atom. The summed E-state index contributed by atoms with van der Waals surface area (Å²) in [5.74, 6) is -0.784. The third-order valence-electron chi connectivity index (χ3n) is 2.30. The Labute approximate surface area is 97.0 Å². The molecule has 0 spiro atoms. The van der Waals surface area contributed by atoms with E-state index < -0.39 is 5.97 Å². The highest BCUT2D eigenvalue weighted by molar-refractivity contribution is 5.95. The summed E-state index contributed by atoms with van der Waals surface area (Å²) in [6, 6.07) is 0. The van der Waals surface area contributed by atoms with Crippen LogP contribution in [0.3, 0.4) is 0 Å². The SMILES string of the molecule is CC(C)c1onc(-c2cn(C)nn2)c1C(=O)O. The van der Waals surface area contributed by atoms with Crippen LogP contribution in [0.5, 0.6) is 0 Å². The van der Waals surface area contributed by atoms with Crippen molar-refractivity contribution in [3.05, 3.63) is 17.5 Å². The van der Waals surface area contributed by atoms with Gasteiger partial charge in [0.15, 0.2) is 11.5 Å². The van der Waals surface area contributed by atoms with Gasteiger partial charge in [-0.2, -0.15) is 0 Å². The van der Waals surface area contributed by atoms with E-state index in [4.69, 9.17) is 4.52 Å². The highest BCUT2D eigenvalue weighted by Gasteiger charge is 2.26. The molecule has 0 atom stereocenters. The van der Waals surface area contributed by atoms with Gasteiger partial charge in [-0.1, -0.05) is 24.2 Å². The maximum Gasteiger partial charge on any atom is 0.341 e. The number of nitrogens with zero attached hydrogens (tertiary/aromatic N) is 4. The Hall–Kier alpha value is -2.18. The molecule has 0 amide bonds. The van der Waals surface area contributed by atoms with Crippen molar-refractivity contribution in [1.82, 2.24) is 20.2 Å². The maximum absolute atomic E-state index is 11.2. The van der Waals surface area contributed by atoms with E-state index in [1.807, 2.05) is 13.8 Å². The summed E-state index contributed by atoms with van der Waals surface area (Å²) in [6.45, 7) is 3.68. The third kappa shape index (κ3) is 1.91. The molecule has 90 valence electrons. The fraction of sp³-hybridized carbons (Fsp3) is 0.400. The van der Waals surface area contributed by atoms with Gasteiger partial charge in [-0.3, -0.25) is 4.68 Å². The lowest BCUT2D eigenvalue weighted by Crippen LogP contribution is -2.02. The summed E-state index contributed by atoms with van der Waals surface area (Å²) in [4.78, 5) is 11.2. The molecule has 2 heterocycles. The smallest absolute Gasteiger partial charge is 0.341 e. The van der Waals surface area contributed by atoms with E-state index in [0.29, 0.717) is 11.5 Å². The van der Waals surface area contributed by atoms with Gasteiger partial charge < -0.3 is 9.63 Å². The van der Waals surface area contributed by atoms with Crippen molar-refractivity contribution in [1.29, 1.82) is 0 Å². The third-order valence-corrected chi connectivity index (χ3v) is 2.30. The predicted octanol–water partition coefficient (Wildman–Crippen LogP) is 1.29. The van der Waals surface area contributed by atoms with Crippen LogP contribution in [0.4, 0.5) is 0 Å². The number of aromatic nitrogens is 4. The molecule has 1 N–H and O–H groups in total. The fourth-order valence-electron chi connectivity index (χ4n) is 1.53. The van der Waals surface area contributed by atoms with Crippen LogP contribution in [0.2, 0.25) is 0 Å². The van der Waals surface area contributed by atoms with Crippen molar-refractivity contribution in [2.45, 2.75) is 19.8 Å². The van der Waals surface area contributed by atoms with Crippen LogP contribution in [0.25, 0.3) is 11.4 Å². The molecule has 0 aliphatic heterocycles. The van der Waals surface area contributed by atoms with E-state index in [1.165, 1.54) is 4.68 Å². The van der Waals surface area contributed by atoms with Crippen LogP contribution in [0.15, 0.2) is 10.7 Å². The van der Waals surface area contributed by atoms with Gasteiger partial charge in [-0.05, 0) is 0 Å². The normalized spacial score (nSPS) is 11.1. The lowest BCUT2D eigenvalue weighted by atomic mass is 10.0. The lowest BCUT2D eigenvalue weighted by Gasteiger charge is -1.99. The second kappa shape index (κ2) is 4.00. The van der Waals surface area contributed by atoms with Gasteiger partial charge >= 0.3 is 5.97 Å². The molecule has 0 radical (unpaired) electrons. The summed E-state index contributed by atoms with van der Waals surface area (Å²) in [6.07, 6.45) is 1.59. The van der Waals surface area contributed by atoms with Crippen molar-refractivity contribution in [2.24, 2.45) is 7.05 Å². The number of hydrogen-bond acceptors (Lipinski definition) is 5. The number of carboxylic acids is 1. The molecule has 2 rings (SSSR count). The van der Waals surface area contributed by atoms with E-state index in [2.05, 4.69) is 15.5 Å². The molecule has 17 heavy (non-hydrogen) atoms. The highest BCUT2D eigenvalue weighted by atomic mass is 16.5. The summed E-state index contributed by atoms with van der Waals surface area (Å²) in [7, 11) is 1.69. The van der Waals surface area contributed by atoms with E-state index in [9.17, 15) is 9.90 Å². The first-order valence-corrected chi connectivity index (χ1v) is 5.10. The van der Waals surface area contributed by atoms with Crippen LogP contribution >= 0.6 is 0 Å². The van der Waals surface area contributed by atoms with Crippen LogP contribution in [-0.2, 0) is 7.05 Å². The highest BCUT2D eigenvalue weighted by Crippen LogP contribution is 2.28. The Balaban J connectivity index is 2.59. The molecular weight excluding hydrogens is 224 g/mol. The summed E-state index contributed by atoms with van der Waals surface area (Å²) < 4.78 is 6.55. The van der Waals surface area contributed by atoms with E-state index in [-0.39, 0.29) is 17.2 Å². The van der Waals surface area contributed by atoms with Crippen LogP contribution < -0.4 is 0 Å². The first kappa shape index (κ1) is 11.3. The molecule has 0 saturated carbocycles. The zero-order valence-corrected chi connectivity index (χ0v) is 9.71. The quantitative estimate of drug-likeness (QED) is 0.862. The Morgan fingerprint density at radius 3 is 2.71 bits per heavy atom. The second-order valence-corrected chi connectivity index (χ2v) is 4.01. The number of hydrogen-bond donors (Lipinski definition) is 1. The van der Waals surface area contributed by atoms with E-state index in [1.54, 1.807) is 13.2 Å². The maximum atomic E-state index is 11.2. The predicted molar refractivity (Wildman–Crippen MR) is 57.5 cm³/mol. The van der Waals surface area contributed by atoms with Crippen molar-refractivity contribution < 1.29 is 14.4 Å². The molecule has 7 nitrogen and oxygen atoms in total. The summed E-state index contributed by atoms with van der Waals surface area (Å²) in [5, 5.41) is 20.5. The molecule has 2 aromatic heterocycles. The number of rotatable bonds is 3. The molecule has 0 aromatic carbocycles. The largest absolute Gasteiger partial charge is 0.477 e. The monoisotopic (exact) mass is 236 g/mol. The van der Waals surface area contributed by atoms with Crippen LogP contribution in [-0.4, -0.2) is 31.2 Å². The molecule has 0 aliphatic carbocycles. The summed E-state index contributed by atoms with van der Waals surface area (Å²) in [5.41, 5.74) is 0.662. The fourth-order valence-corrected chi connectivity index (χ4v) is 1.53. The number of carboxylic acid groups (broad SMARTS) is 1. The number of carbonyl (C=O) groups is 1. The average Bonchev–Trinajstić information content (AvgIpc) is 2.82. The second-order valence-electron chi connectivity index (χ2n) is 4.01. The van der Waals surface area contributed by atoms with Crippen molar-refractivity contribution in [2.75, 3.05) is 0 Å². The van der Waals surface area contributed by atoms with E-state index >= 15 is 0 Å². The van der Waals surface area contributed by atoms with E-state index in [0.717, 1.165) is 0 Å². The van der Waals surface area contributed by atoms with Gasteiger partial charge in [0.25, 0.3) is 0 Å². The van der Waals surface area contributed by atoms with Crippen molar-refractivity contribution in [3.8, 4) is 11.4 Å². The number of aromatic carboxylic acids is 1. The summed E-state index contributed by atoms with van der Waals surface area (Å²) >= 11 is 0. The average molecular weight is 236 g/mol. The van der Waals surface area contributed by atoms with Gasteiger partial charge in [-0.15, -0.1) is 5.10 Å². The molecular formula is C10H12N4O3. The minimum Gasteiger partial charge on any atom is -0.477 e. The molecule has 0 bridgehead atoms. The zero-order valence-electron chi connectivity index (χ0n) is 9.71. The van der Waals surface area contributed by atoms with Gasteiger partial charge in [0.1, 0.15) is 11.3 Å². The molecule has 0 fully saturated rings. The Kier molecular flexibility index (Phi) is 2.66. The first-order chi connectivity index (χ1) is 8.00. The van der Waals surface area contributed by atoms with Crippen molar-refractivity contribution in [3.63, 3.8) is 0 Å². The molecule has 0 saturated heterocycles. The van der Waals surface area contributed by atoms with Gasteiger partial charge in [-0.25, -0.2) is 4.79 Å². The molecule has 7 heteroatoms. The zero-order chi connectivity index (χ0) is 12.6. The Morgan fingerprint density at radius 2 is 2.24 bits per heavy atom. The van der Waals surface area contributed by atoms with Gasteiger partial charge in [0.2, 0.25) is 0 Å². The topological polar surface area (TPSA) is 94.0 Å². The standard InChI is InChI=1S/C10H12N4O3/c1-5(2)9-7(10(15)16)8(12-17-9)6-4-14(3)13-11-6/h4-5H,1-3H3,(H,15,16). The molecule has 2 aromatic rings. The first-order valence-electron chi connectivity index (χ1n) is 5.10. The molecule has 0 aliphatic rings. The van der Waals surface area contributed by atoms with Crippen LogP contribution in [0.1, 0.15) is 35.9 Å².